The van der Waals surface area contributed by atoms with Gasteiger partial charge >= 0.3 is 0 Å². The molecule has 1 aliphatic heterocycles. The van der Waals surface area contributed by atoms with Crippen molar-refractivity contribution in [2.24, 2.45) is 0 Å². The van der Waals surface area contributed by atoms with Crippen LogP contribution >= 0.6 is 0 Å². The summed E-state index contributed by atoms with van der Waals surface area (Å²) in [4.78, 5) is 16.0. The molecular formula is C17H13FN2O2. The smallest absolute Gasteiger partial charge is 0.253 e. The van der Waals surface area contributed by atoms with Gasteiger partial charge in [-0.25, -0.2) is 9.37 Å². The minimum atomic E-state index is -0.327. The largest absolute Gasteiger partial charge is 0.377 e. The van der Waals surface area contributed by atoms with E-state index in [4.69, 9.17) is 4.74 Å². The number of hydrogen-bond acceptors (Lipinski definition) is 3. The van der Waals surface area contributed by atoms with Gasteiger partial charge in [-0.1, -0.05) is 12.0 Å². The van der Waals surface area contributed by atoms with Crippen LogP contribution in [-0.2, 0) is 4.74 Å². The van der Waals surface area contributed by atoms with E-state index in [1.807, 2.05) is 0 Å². The predicted molar refractivity (Wildman–Crippen MR) is 78.7 cm³/mol. The Kier molecular flexibility index (Phi) is 4.12. The van der Waals surface area contributed by atoms with Gasteiger partial charge in [-0.05, 0) is 36.3 Å². The molecule has 22 heavy (non-hydrogen) atoms. The number of halogens is 1. The summed E-state index contributed by atoms with van der Waals surface area (Å²) < 4.78 is 18.0. The Hall–Kier alpha value is -2.71. The molecule has 5 heteroatoms. The van der Waals surface area contributed by atoms with E-state index < -0.39 is 0 Å². The number of nitrogens with one attached hydrogen (secondary N) is 1. The predicted octanol–water partition coefficient (Wildman–Crippen LogP) is 1.75. The van der Waals surface area contributed by atoms with Crippen LogP contribution in [0.4, 0.5) is 4.39 Å². The second kappa shape index (κ2) is 6.37. The molecule has 1 aromatic heterocycles. The Bertz CT molecular complexity index is 743. The molecular weight excluding hydrogens is 283 g/mol. The van der Waals surface area contributed by atoms with Crippen LogP contribution in [0.2, 0.25) is 0 Å². The van der Waals surface area contributed by atoms with E-state index >= 15 is 0 Å². The lowest BCUT2D eigenvalue weighted by Gasteiger charge is -2.26. The maximum atomic E-state index is 13.0. The van der Waals surface area contributed by atoms with Crippen molar-refractivity contribution >= 4 is 5.91 Å². The van der Waals surface area contributed by atoms with E-state index in [1.165, 1.54) is 18.3 Å². The molecule has 0 aliphatic carbocycles. The number of ether oxygens (including phenoxy) is 1. The molecule has 1 saturated heterocycles. The van der Waals surface area contributed by atoms with Crippen molar-refractivity contribution < 1.29 is 13.9 Å². The standard InChI is InChI=1S/C17H13FN2O2/c18-14-3-1-2-12(8-14)4-6-15-7-5-13(9-19-15)17(21)20-16-10-22-11-16/h1-3,5,7-9,16H,10-11H2,(H,20,21). The van der Waals surface area contributed by atoms with Crippen molar-refractivity contribution in [3.05, 3.63) is 65.2 Å². The second-order valence-electron chi connectivity index (χ2n) is 4.90. The van der Waals surface area contributed by atoms with Crippen LogP contribution in [0.15, 0.2) is 42.6 Å². The average molecular weight is 296 g/mol. The van der Waals surface area contributed by atoms with E-state index in [9.17, 15) is 9.18 Å². The van der Waals surface area contributed by atoms with Gasteiger partial charge in [0.05, 0.1) is 24.8 Å². The van der Waals surface area contributed by atoms with Crippen molar-refractivity contribution in [3.63, 3.8) is 0 Å². The first-order valence-corrected chi connectivity index (χ1v) is 6.83. The highest BCUT2D eigenvalue weighted by Gasteiger charge is 2.20. The Balaban J connectivity index is 1.67. The van der Waals surface area contributed by atoms with Gasteiger partial charge in [0.1, 0.15) is 11.5 Å². The number of pyridine rings is 1. The maximum absolute atomic E-state index is 13.0. The minimum Gasteiger partial charge on any atom is -0.377 e. The van der Waals surface area contributed by atoms with Gasteiger partial charge in [0.2, 0.25) is 0 Å². The van der Waals surface area contributed by atoms with E-state index in [1.54, 1.807) is 24.3 Å². The molecule has 0 spiro atoms. The Labute approximate surface area is 127 Å². The normalized spacial score (nSPS) is 13.7. The number of hydrogen-bond donors (Lipinski definition) is 1. The zero-order valence-corrected chi connectivity index (χ0v) is 11.7. The van der Waals surface area contributed by atoms with Crippen LogP contribution in [0.5, 0.6) is 0 Å². The van der Waals surface area contributed by atoms with Crippen LogP contribution in [-0.4, -0.2) is 30.1 Å². The van der Waals surface area contributed by atoms with Gasteiger partial charge in [-0.3, -0.25) is 4.79 Å². The fourth-order valence-corrected chi connectivity index (χ4v) is 1.89. The molecule has 4 nitrogen and oxygen atoms in total. The quantitative estimate of drug-likeness (QED) is 0.859. The van der Waals surface area contributed by atoms with E-state index in [-0.39, 0.29) is 17.8 Å². The molecule has 0 unspecified atom stereocenters. The summed E-state index contributed by atoms with van der Waals surface area (Å²) in [5.74, 6) is 5.17. The molecule has 0 atom stereocenters. The summed E-state index contributed by atoms with van der Waals surface area (Å²) in [5.41, 5.74) is 1.57. The van der Waals surface area contributed by atoms with E-state index in [2.05, 4.69) is 22.1 Å². The van der Waals surface area contributed by atoms with Crippen LogP contribution in [0.1, 0.15) is 21.6 Å². The van der Waals surface area contributed by atoms with Gasteiger partial charge in [0.15, 0.2) is 0 Å². The molecule has 110 valence electrons. The number of rotatable bonds is 2. The summed E-state index contributed by atoms with van der Waals surface area (Å²) in [5, 5.41) is 2.83. The Morgan fingerprint density at radius 1 is 1.27 bits per heavy atom. The van der Waals surface area contributed by atoms with Crippen molar-refractivity contribution in [1.29, 1.82) is 0 Å². The van der Waals surface area contributed by atoms with Gasteiger partial charge in [-0.15, -0.1) is 0 Å². The molecule has 2 heterocycles. The number of carbonyl (C=O) groups excluding carboxylic acids is 1. The lowest BCUT2D eigenvalue weighted by Crippen LogP contribution is -2.48. The van der Waals surface area contributed by atoms with Gasteiger partial charge < -0.3 is 10.1 Å². The van der Waals surface area contributed by atoms with Crippen LogP contribution in [0, 0.1) is 17.7 Å². The topological polar surface area (TPSA) is 51.2 Å². The SMILES string of the molecule is O=C(NC1COC1)c1ccc(C#Cc2cccc(F)c2)nc1. The molecule has 0 bridgehead atoms. The number of benzene rings is 1. The van der Waals surface area contributed by atoms with Gasteiger partial charge in [0.25, 0.3) is 5.91 Å². The monoisotopic (exact) mass is 296 g/mol. The summed E-state index contributed by atoms with van der Waals surface area (Å²) in [6, 6.07) is 9.46. The summed E-state index contributed by atoms with van der Waals surface area (Å²) >= 11 is 0. The molecule has 1 aromatic carbocycles. The summed E-state index contributed by atoms with van der Waals surface area (Å²) in [7, 11) is 0. The Morgan fingerprint density at radius 3 is 2.77 bits per heavy atom. The van der Waals surface area contributed by atoms with Crippen LogP contribution in [0.3, 0.4) is 0 Å². The molecule has 2 aromatic rings. The van der Waals surface area contributed by atoms with Crippen molar-refractivity contribution in [2.45, 2.75) is 6.04 Å². The molecule has 1 fully saturated rings. The van der Waals surface area contributed by atoms with Crippen LogP contribution < -0.4 is 5.32 Å². The second-order valence-corrected chi connectivity index (χ2v) is 4.90. The van der Waals surface area contributed by atoms with E-state index in [0.29, 0.717) is 30.0 Å². The molecule has 1 N–H and O–H groups in total. The van der Waals surface area contributed by atoms with Crippen molar-refractivity contribution in [2.75, 3.05) is 13.2 Å². The van der Waals surface area contributed by atoms with E-state index in [0.717, 1.165) is 0 Å². The number of carbonyl (C=O) groups is 1. The number of aromatic nitrogens is 1. The zero-order valence-electron chi connectivity index (χ0n) is 11.7. The highest BCUT2D eigenvalue weighted by atomic mass is 19.1. The maximum Gasteiger partial charge on any atom is 0.253 e. The third-order valence-electron chi connectivity index (χ3n) is 3.16. The van der Waals surface area contributed by atoms with Gasteiger partial charge in [0, 0.05) is 11.8 Å². The highest BCUT2D eigenvalue weighted by Crippen LogP contribution is 2.05. The molecule has 1 amide bonds. The zero-order chi connectivity index (χ0) is 15.4. The van der Waals surface area contributed by atoms with Crippen molar-refractivity contribution in [3.8, 4) is 11.8 Å². The first-order chi connectivity index (χ1) is 10.7. The molecule has 0 radical (unpaired) electrons. The molecule has 3 rings (SSSR count). The van der Waals surface area contributed by atoms with Crippen molar-refractivity contribution in [1.82, 2.24) is 10.3 Å². The molecule has 1 aliphatic rings. The number of nitrogens with zero attached hydrogens (tertiary/aromatic N) is 1. The molecule has 0 saturated carbocycles. The average Bonchev–Trinajstić information content (AvgIpc) is 2.49. The first-order valence-electron chi connectivity index (χ1n) is 6.83. The third-order valence-corrected chi connectivity index (χ3v) is 3.16. The lowest BCUT2D eigenvalue weighted by atomic mass is 10.2. The summed E-state index contributed by atoms with van der Waals surface area (Å²) in [6.07, 6.45) is 1.48. The lowest BCUT2D eigenvalue weighted by molar-refractivity contribution is -0.00346. The van der Waals surface area contributed by atoms with Gasteiger partial charge in [-0.2, -0.15) is 0 Å². The highest BCUT2D eigenvalue weighted by molar-refractivity contribution is 5.94. The number of amides is 1. The Morgan fingerprint density at radius 2 is 2.14 bits per heavy atom. The third kappa shape index (κ3) is 3.48. The fourth-order valence-electron chi connectivity index (χ4n) is 1.89. The fraction of sp³-hybridized carbons (Fsp3) is 0.176. The first kappa shape index (κ1) is 14.2. The summed E-state index contributed by atoms with van der Waals surface area (Å²) in [6.45, 7) is 1.10. The van der Waals surface area contributed by atoms with Crippen LogP contribution in [0.25, 0.3) is 0 Å². The minimum absolute atomic E-state index is 0.0833.